The molecule has 1 nitrogen and oxygen atoms in total. The predicted octanol–water partition coefficient (Wildman–Crippen LogP) is 0.247. The number of ether oxygens (including phenoxy) is 1. The minimum absolute atomic E-state index is 0. The van der Waals surface area contributed by atoms with Crippen LogP contribution in [0.5, 0.6) is 0 Å². The molecule has 0 aliphatic heterocycles. The maximum Gasteiger partial charge on any atom is 1.00 e. The molecule has 5 heteroatoms. The van der Waals surface area contributed by atoms with E-state index in [1.165, 1.54) is 5.56 Å². The maximum atomic E-state index is 4.98. The Hall–Kier alpha value is 0.940. The van der Waals surface area contributed by atoms with E-state index in [4.69, 9.17) is 17.0 Å². The van der Waals surface area contributed by atoms with Crippen molar-refractivity contribution in [2.75, 3.05) is 13.4 Å². The van der Waals surface area contributed by atoms with Gasteiger partial charge in [-0.1, -0.05) is 28.1 Å². The molecule has 78 valence electrons. The summed E-state index contributed by atoms with van der Waals surface area (Å²) in [5.41, 5.74) is 2.13. The van der Waals surface area contributed by atoms with Gasteiger partial charge in [-0.05, 0) is 30.8 Å². The molecule has 1 rings (SSSR count). The van der Waals surface area contributed by atoms with Crippen molar-refractivity contribution >= 4 is 45.8 Å². The van der Waals surface area contributed by atoms with Crippen molar-refractivity contribution in [2.24, 2.45) is 0 Å². The second kappa shape index (κ2) is 10.1. The summed E-state index contributed by atoms with van der Waals surface area (Å²) in [5, 5.41) is 0.524. The molecular weight excluding hydrogens is 303 g/mol. The van der Waals surface area contributed by atoms with Crippen LogP contribution in [0.1, 0.15) is 11.1 Å². The number of methoxy groups -OCH3 is 1. The SMILES string of the molecule is COC(=S)c1ccc(C)c(Br)c1.C[S-].[Na+]. The Morgan fingerprint density at radius 1 is 1.40 bits per heavy atom. The van der Waals surface area contributed by atoms with Gasteiger partial charge in [0.25, 0.3) is 0 Å². The van der Waals surface area contributed by atoms with Crippen molar-refractivity contribution < 1.29 is 34.3 Å². The molecule has 1 aromatic carbocycles. The summed E-state index contributed by atoms with van der Waals surface area (Å²) in [6, 6.07) is 5.91. The number of halogens is 1. The average Bonchev–Trinajstić information content (AvgIpc) is 2.24. The summed E-state index contributed by atoms with van der Waals surface area (Å²) < 4.78 is 6.00. The largest absolute Gasteiger partial charge is 1.00 e. The Morgan fingerprint density at radius 3 is 2.33 bits per heavy atom. The van der Waals surface area contributed by atoms with E-state index in [-0.39, 0.29) is 29.6 Å². The first kappa shape index (κ1) is 18.3. The Bertz CT molecular complexity index is 318. The van der Waals surface area contributed by atoms with Crippen LogP contribution in [0.2, 0.25) is 0 Å². The van der Waals surface area contributed by atoms with Gasteiger partial charge < -0.3 is 17.4 Å². The van der Waals surface area contributed by atoms with Crippen LogP contribution >= 0.6 is 28.1 Å². The molecule has 0 unspecified atom stereocenters. The predicted molar refractivity (Wildman–Crippen MR) is 70.9 cm³/mol. The number of rotatable bonds is 1. The third-order valence-corrected chi connectivity index (χ3v) is 2.85. The van der Waals surface area contributed by atoms with Crippen LogP contribution in [0.15, 0.2) is 22.7 Å². The molecule has 1 aromatic rings. The van der Waals surface area contributed by atoms with Gasteiger partial charge in [0.1, 0.15) is 0 Å². The molecule has 0 aliphatic rings. The normalized spacial score (nSPS) is 8.07. The minimum atomic E-state index is 0. The van der Waals surface area contributed by atoms with E-state index in [1.54, 1.807) is 13.4 Å². The Balaban J connectivity index is 0. The number of hydrogen-bond acceptors (Lipinski definition) is 3. The quantitative estimate of drug-likeness (QED) is 0.418. The first-order chi connectivity index (χ1) is 6.65. The summed E-state index contributed by atoms with van der Waals surface area (Å²) in [6.45, 7) is 2.03. The zero-order valence-electron chi connectivity index (χ0n) is 9.33. The van der Waals surface area contributed by atoms with Crippen molar-refractivity contribution in [3.63, 3.8) is 0 Å². The smallest absolute Gasteiger partial charge is 0.796 e. The van der Waals surface area contributed by atoms with E-state index in [0.29, 0.717) is 5.05 Å². The monoisotopic (exact) mass is 314 g/mol. The molecule has 0 fully saturated rings. The van der Waals surface area contributed by atoms with Crippen LogP contribution in [0.25, 0.3) is 0 Å². The average molecular weight is 315 g/mol. The number of thiocarbonyl (C=S) groups is 1. The van der Waals surface area contributed by atoms with Gasteiger partial charge in [0.15, 0.2) is 5.05 Å². The standard InChI is InChI=1S/C9H9BrOS.CH4S.Na/c1-6-3-4-7(5-8(6)10)9(12)11-2;1-2;/h3-5H,1-2H3;2H,1H3;/q;;+1/p-1. The van der Waals surface area contributed by atoms with Gasteiger partial charge in [-0.25, -0.2) is 0 Å². The molecule has 0 spiro atoms. The molecule has 0 aliphatic carbocycles. The Labute approximate surface area is 133 Å². The topological polar surface area (TPSA) is 9.23 Å². The van der Waals surface area contributed by atoms with Crippen LogP contribution in [0.3, 0.4) is 0 Å². The summed E-state index contributed by atoms with van der Waals surface area (Å²) in [6.07, 6.45) is 1.58. The zero-order valence-corrected chi connectivity index (χ0v) is 14.6. The molecular formula is C10H12BrNaOS2. The van der Waals surface area contributed by atoms with E-state index < -0.39 is 0 Å². The summed E-state index contributed by atoms with van der Waals surface area (Å²) in [7, 11) is 1.58. The zero-order chi connectivity index (χ0) is 11.1. The van der Waals surface area contributed by atoms with Gasteiger partial charge in [-0.15, -0.1) is 0 Å². The molecule has 0 bridgehead atoms. The van der Waals surface area contributed by atoms with Gasteiger partial charge in [-0.2, -0.15) is 6.26 Å². The molecule has 0 aromatic heterocycles. The van der Waals surface area contributed by atoms with Crippen molar-refractivity contribution in [3.05, 3.63) is 33.8 Å². The number of aryl methyl sites for hydroxylation is 1. The Kier molecular flexibility index (Phi) is 12.3. The first-order valence-corrected chi connectivity index (χ1v) is 5.92. The van der Waals surface area contributed by atoms with Crippen molar-refractivity contribution in [1.82, 2.24) is 0 Å². The van der Waals surface area contributed by atoms with E-state index >= 15 is 0 Å². The summed E-state index contributed by atoms with van der Waals surface area (Å²) in [5.74, 6) is 0. The minimum Gasteiger partial charge on any atom is -0.796 e. The fourth-order valence-corrected chi connectivity index (χ4v) is 1.34. The van der Waals surface area contributed by atoms with Crippen LogP contribution in [-0.2, 0) is 17.4 Å². The number of hydrogen-bond donors (Lipinski definition) is 0. The molecule has 0 saturated carbocycles. The van der Waals surface area contributed by atoms with Crippen molar-refractivity contribution in [3.8, 4) is 0 Å². The summed E-state index contributed by atoms with van der Waals surface area (Å²) >= 11 is 12.5. The van der Waals surface area contributed by atoms with Crippen LogP contribution in [0.4, 0.5) is 0 Å². The maximum absolute atomic E-state index is 4.98. The molecule has 0 saturated heterocycles. The second-order valence-corrected chi connectivity index (χ2v) is 3.68. The third kappa shape index (κ3) is 6.29. The van der Waals surface area contributed by atoms with Gasteiger partial charge in [-0.3, -0.25) is 0 Å². The van der Waals surface area contributed by atoms with Gasteiger partial charge in [0.2, 0.25) is 0 Å². The van der Waals surface area contributed by atoms with Crippen molar-refractivity contribution in [1.29, 1.82) is 0 Å². The molecule has 0 atom stereocenters. The van der Waals surface area contributed by atoms with Gasteiger partial charge in [0.05, 0.1) is 7.11 Å². The molecule has 0 heterocycles. The van der Waals surface area contributed by atoms with E-state index in [0.717, 1.165) is 10.0 Å². The molecule has 0 N–H and O–H groups in total. The fraction of sp³-hybridized carbons (Fsp3) is 0.300. The van der Waals surface area contributed by atoms with Gasteiger partial charge >= 0.3 is 29.6 Å². The third-order valence-electron chi connectivity index (χ3n) is 1.59. The van der Waals surface area contributed by atoms with Crippen LogP contribution < -0.4 is 29.6 Å². The van der Waals surface area contributed by atoms with Crippen LogP contribution in [0, 0.1) is 6.92 Å². The second-order valence-electron chi connectivity index (χ2n) is 2.46. The fourth-order valence-electron chi connectivity index (χ4n) is 0.838. The summed E-state index contributed by atoms with van der Waals surface area (Å²) in [4.78, 5) is 0. The number of benzene rings is 1. The molecule has 0 radical (unpaired) electrons. The molecule has 0 amide bonds. The first-order valence-electron chi connectivity index (χ1n) is 3.90. The van der Waals surface area contributed by atoms with Crippen molar-refractivity contribution in [2.45, 2.75) is 6.92 Å². The molecule has 15 heavy (non-hydrogen) atoms. The Morgan fingerprint density at radius 2 is 1.93 bits per heavy atom. The van der Waals surface area contributed by atoms with E-state index in [9.17, 15) is 0 Å². The van der Waals surface area contributed by atoms with Crippen LogP contribution in [-0.4, -0.2) is 18.4 Å². The van der Waals surface area contributed by atoms with E-state index in [2.05, 4.69) is 28.6 Å². The van der Waals surface area contributed by atoms with Gasteiger partial charge in [0, 0.05) is 10.0 Å². The van der Waals surface area contributed by atoms with E-state index in [1.807, 2.05) is 25.1 Å².